The number of halogens is 3. The number of fused-ring (bicyclic) bond motifs is 3. The fourth-order valence-corrected chi connectivity index (χ4v) is 9.59. The third-order valence-corrected chi connectivity index (χ3v) is 13.1. The van der Waals surface area contributed by atoms with Gasteiger partial charge in [0.05, 0.1) is 37.8 Å². The van der Waals surface area contributed by atoms with Gasteiger partial charge in [-0.25, -0.2) is 27.2 Å². The molecule has 0 amide bonds. The Morgan fingerprint density at radius 1 is 0.380 bits per heavy atom. The highest BCUT2D eigenvalue weighted by atomic mass is 19.1. The maximum absolute atomic E-state index is 13.7. The van der Waals surface area contributed by atoms with Crippen LogP contribution in [0.15, 0.2) is 158 Å². The summed E-state index contributed by atoms with van der Waals surface area (Å²) in [7, 11) is 0. The van der Waals surface area contributed by atoms with Gasteiger partial charge in [0.2, 0.25) is 0 Å². The van der Waals surface area contributed by atoms with Crippen molar-refractivity contribution in [3.8, 4) is 0 Å². The monoisotopic (exact) mass is 955 g/mol. The first-order valence-electron chi connectivity index (χ1n) is 23.8. The van der Waals surface area contributed by atoms with Gasteiger partial charge < -0.3 is 0 Å². The van der Waals surface area contributed by atoms with Crippen LogP contribution in [0.1, 0.15) is 81.5 Å². The maximum Gasteiger partial charge on any atom is 0.173 e. The lowest BCUT2D eigenvalue weighted by atomic mass is 10.00. The Morgan fingerprint density at radius 2 is 0.761 bits per heavy atom. The van der Waals surface area contributed by atoms with Crippen LogP contribution in [-0.4, -0.2) is 95.0 Å². The van der Waals surface area contributed by atoms with Crippen molar-refractivity contribution >= 4 is 0 Å². The molecule has 0 radical (unpaired) electrons. The quantitative estimate of drug-likeness (QED) is 0.132. The highest BCUT2D eigenvalue weighted by Crippen LogP contribution is 2.34. The highest BCUT2D eigenvalue weighted by molar-refractivity contribution is 5.31. The molecule has 360 valence electrons. The number of nitrogens with zero attached hydrogens (tertiary/aromatic N) is 15. The van der Waals surface area contributed by atoms with Gasteiger partial charge in [-0.2, -0.15) is 0 Å². The SMILES string of the molecule is CCc1ccc(C2c3nnnn3CCN2Cc2ccccc2)cc1.Fc1ccc(CN2CCn3nnnc3C2c2cccc(F)c2)cc1.Fc1cccc(C2c3nnnn3CCN2Cc2ccccc2)c1. The Bertz CT molecular complexity index is 3110. The fourth-order valence-electron chi connectivity index (χ4n) is 9.59. The van der Waals surface area contributed by atoms with Gasteiger partial charge >= 0.3 is 0 Å². The summed E-state index contributed by atoms with van der Waals surface area (Å²) in [6, 6.07) is 49.0. The first-order chi connectivity index (χ1) is 34.9. The van der Waals surface area contributed by atoms with Gasteiger partial charge in [0.1, 0.15) is 17.5 Å². The van der Waals surface area contributed by atoms with E-state index in [2.05, 4.69) is 135 Å². The van der Waals surface area contributed by atoms with Gasteiger partial charge in [0.25, 0.3) is 0 Å². The van der Waals surface area contributed by atoms with Gasteiger partial charge in [-0.1, -0.05) is 128 Å². The van der Waals surface area contributed by atoms with Crippen LogP contribution >= 0.6 is 0 Å². The molecule has 0 spiro atoms. The van der Waals surface area contributed by atoms with Gasteiger partial charge in [-0.3, -0.25) is 14.7 Å². The average Bonchev–Trinajstić information content (AvgIpc) is 4.21. The summed E-state index contributed by atoms with van der Waals surface area (Å²) < 4.78 is 46.0. The van der Waals surface area contributed by atoms with Crippen molar-refractivity contribution in [2.45, 2.75) is 70.7 Å². The smallest absolute Gasteiger partial charge is 0.173 e. The molecule has 71 heavy (non-hydrogen) atoms. The molecule has 0 N–H and O–H groups in total. The lowest BCUT2D eigenvalue weighted by Gasteiger charge is -2.35. The van der Waals surface area contributed by atoms with Crippen molar-refractivity contribution in [3.63, 3.8) is 0 Å². The molecule has 0 aliphatic carbocycles. The van der Waals surface area contributed by atoms with Gasteiger partial charge in [0, 0.05) is 39.3 Å². The minimum absolute atomic E-state index is 0.0971. The molecule has 3 aliphatic rings. The molecule has 3 atom stereocenters. The Balaban J connectivity index is 0.000000123. The first kappa shape index (κ1) is 46.9. The van der Waals surface area contributed by atoms with Crippen LogP contribution in [-0.2, 0) is 45.7 Å². The first-order valence-corrected chi connectivity index (χ1v) is 23.8. The molecule has 0 saturated carbocycles. The number of rotatable bonds is 10. The van der Waals surface area contributed by atoms with Crippen molar-refractivity contribution in [3.05, 3.63) is 232 Å². The normalized spacial score (nSPS) is 17.7. The predicted molar refractivity (Wildman–Crippen MR) is 258 cm³/mol. The topological polar surface area (TPSA) is 141 Å². The number of benzene rings is 6. The summed E-state index contributed by atoms with van der Waals surface area (Å²) in [5.74, 6) is 1.58. The molecule has 6 aromatic carbocycles. The molecule has 15 nitrogen and oxygen atoms in total. The second-order valence-corrected chi connectivity index (χ2v) is 17.7. The van der Waals surface area contributed by atoms with Crippen molar-refractivity contribution in [1.82, 2.24) is 75.3 Å². The minimum Gasteiger partial charge on any atom is -0.284 e. The molecule has 9 aromatic rings. The molecular weight excluding hydrogens is 904 g/mol. The van der Waals surface area contributed by atoms with E-state index < -0.39 is 0 Å². The zero-order valence-electron chi connectivity index (χ0n) is 39.2. The third-order valence-electron chi connectivity index (χ3n) is 13.1. The zero-order valence-corrected chi connectivity index (χ0v) is 39.2. The maximum atomic E-state index is 13.7. The average molecular weight is 956 g/mol. The third kappa shape index (κ3) is 11.0. The Morgan fingerprint density at radius 3 is 1.15 bits per heavy atom. The number of hydrogen-bond acceptors (Lipinski definition) is 12. The molecule has 6 heterocycles. The van der Waals surface area contributed by atoms with E-state index in [0.29, 0.717) is 18.9 Å². The van der Waals surface area contributed by atoms with Gasteiger partial charge in [0.15, 0.2) is 17.5 Å². The number of tetrazole rings is 3. The van der Waals surface area contributed by atoms with E-state index in [-0.39, 0.29) is 35.6 Å². The molecule has 12 rings (SSSR count). The number of aryl methyl sites for hydroxylation is 1. The van der Waals surface area contributed by atoms with Crippen LogP contribution in [0.2, 0.25) is 0 Å². The van der Waals surface area contributed by atoms with Crippen LogP contribution in [0.25, 0.3) is 0 Å². The molecular formula is C53H52F3N15. The predicted octanol–water partition coefficient (Wildman–Crippen LogP) is 7.81. The largest absolute Gasteiger partial charge is 0.284 e. The summed E-state index contributed by atoms with van der Waals surface area (Å²) in [5, 5.41) is 36.2. The van der Waals surface area contributed by atoms with Gasteiger partial charge in [-0.15, -0.1) is 15.3 Å². The van der Waals surface area contributed by atoms with Crippen LogP contribution < -0.4 is 0 Å². The Labute approximate surface area is 409 Å². The summed E-state index contributed by atoms with van der Waals surface area (Å²) in [4.78, 5) is 6.92. The van der Waals surface area contributed by atoms with E-state index >= 15 is 0 Å². The molecule has 0 bridgehead atoms. The lowest BCUT2D eigenvalue weighted by Crippen LogP contribution is -2.39. The number of aromatic nitrogens is 12. The van der Waals surface area contributed by atoms with Crippen LogP contribution in [0.5, 0.6) is 0 Å². The Kier molecular flexibility index (Phi) is 14.5. The van der Waals surface area contributed by atoms with E-state index in [0.717, 1.165) is 80.6 Å². The molecule has 18 heteroatoms. The van der Waals surface area contributed by atoms with Gasteiger partial charge in [-0.05, 0) is 113 Å². The van der Waals surface area contributed by atoms with E-state index in [1.54, 1.807) is 39.7 Å². The summed E-state index contributed by atoms with van der Waals surface area (Å²) in [5.41, 5.74) is 7.79. The van der Waals surface area contributed by atoms with Crippen molar-refractivity contribution in [2.75, 3.05) is 19.6 Å². The summed E-state index contributed by atoms with van der Waals surface area (Å²) >= 11 is 0. The fraction of sp³-hybridized carbons (Fsp3) is 0.264. The molecule has 0 fully saturated rings. The standard InChI is InChI=1S/C19H21N5.C17H15F2N5.C17H16FN5/c1-2-15-8-10-17(11-9-15)18-19-20-21-22-24(19)13-12-23(18)14-16-6-4-3-5-7-16;18-14-6-4-12(5-7-14)11-23-8-9-24-17(20-21-22-24)16(23)13-2-1-3-15(19)10-13;18-15-8-4-7-14(11-15)16-17-19-20-21-23(17)10-9-22(16)12-13-5-2-1-3-6-13/h3-11,18H,2,12-14H2,1H3;1-7,10,16H,8-9,11H2;1-8,11,16H,9-10,12H2. The van der Waals surface area contributed by atoms with Crippen molar-refractivity contribution in [2.24, 2.45) is 0 Å². The summed E-state index contributed by atoms with van der Waals surface area (Å²) in [6.45, 7) is 9.15. The molecule has 3 unspecified atom stereocenters. The second-order valence-electron chi connectivity index (χ2n) is 17.7. The molecule has 0 saturated heterocycles. The second kappa shape index (κ2) is 21.9. The van der Waals surface area contributed by atoms with E-state index in [4.69, 9.17) is 0 Å². The van der Waals surface area contributed by atoms with Crippen molar-refractivity contribution in [1.29, 1.82) is 0 Å². The number of hydrogen-bond donors (Lipinski definition) is 0. The summed E-state index contributed by atoms with van der Waals surface area (Å²) in [6.07, 6.45) is 1.05. The molecule has 3 aromatic heterocycles. The lowest BCUT2D eigenvalue weighted by molar-refractivity contribution is 0.163. The van der Waals surface area contributed by atoms with Crippen LogP contribution in [0, 0.1) is 17.5 Å². The van der Waals surface area contributed by atoms with Crippen molar-refractivity contribution < 1.29 is 13.2 Å². The van der Waals surface area contributed by atoms with Crippen LogP contribution in [0.3, 0.4) is 0 Å². The van der Waals surface area contributed by atoms with E-state index in [1.807, 2.05) is 35.0 Å². The molecule has 3 aliphatic heterocycles. The highest BCUT2D eigenvalue weighted by Gasteiger charge is 2.34. The van der Waals surface area contributed by atoms with E-state index in [1.165, 1.54) is 52.6 Å². The Hall–Kier alpha value is -7.80. The van der Waals surface area contributed by atoms with Crippen LogP contribution in [0.4, 0.5) is 13.2 Å². The van der Waals surface area contributed by atoms with E-state index in [9.17, 15) is 13.2 Å². The zero-order chi connectivity index (χ0) is 48.5. The minimum atomic E-state index is -0.293.